The van der Waals surface area contributed by atoms with E-state index in [1.165, 1.54) is 167 Å². The Morgan fingerprint density at radius 3 is 0.881 bits per heavy atom. The van der Waals surface area contributed by atoms with Gasteiger partial charge in [-0.05, 0) is 70.6 Å². The van der Waals surface area contributed by atoms with E-state index in [-0.39, 0.29) is 31.1 Å². The van der Waals surface area contributed by atoms with Crippen molar-refractivity contribution in [3.05, 3.63) is 24.3 Å². The van der Waals surface area contributed by atoms with E-state index in [2.05, 4.69) is 45.1 Å². The average molecular weight is 831 g/mol. The first-order valence-corrected chi connectivity index (χ1v) is 25.8. The summed E-state index contributed by atoms with van der Waals surface area (Å²) in [7, 11) is 0. The fraction of sp³-hybridized carbons (Fsp3) is 0.868. The molecule has 0 aliphatic heterocycles. The third-order valence-corrected chi connectivity index (χ3v) is 11.4. The Morgan fingerprint density at radius 2 is 0.559 bits per heavy atom. The highest BCUT2D eigenvalue weighted by Crippen LogP contribution is 2.15. The van der Waals surface area contributed by atoms with Gasteiger partial charge in [-0.15, -0.1) is 0 Å². The molecule has 0 heterocycles. The molecule has 0 aromatic rings. The van der Waals surface area contributed by atoms with Gasteiger partial charge in [-0.25, -0.2) is 0 Å². The molecule has 0 rings (SSSR count). The van der Waals surface area contributed by atoms with E-state index in [0.717, 1.165) is 70.6 Å². The zero-order chi connectivity index (χ0) is 43.0. The van der Waals surface area contributed by atoms with Crippen molar-refractivity contribution in [1.29, 1.82) is 0 Å². The van der Waals surface area contributed by atoms with Crippen molar-refractivity contribution in [2.75, 3.05) is 13.2 Å². The molecule has 0 aromatic heterocycles. The van der Waals surface area contributed by atoms with Gasteiger partial charge in [0.2, 0.25) is 0 Å². The highest BCUT2D eigenvalue weighted by Gasteiger charge is 2.19. The van der Waals surface area contributed by atoms with Gasteiger partial charge in [-0.2, -0.15) is 0 Å². The van der Waals surface area contributed by atoms with Crippen LogP contribution in [0.25, 0.3) is 0 Å². The Bertz CT molecular complexity index is 958. The summed E-state index contributed by atoms with van der Waals surface area (Å²) in [5.41, 5.74) is 0. The number of rotatable bonds is 47. The lowest BCUT2D eigenvalue weighted by atomic mass is 10.0. The van der Waals surface area contributed by atoms with Crippen LogP contribution in [0.3, 0.4) is 0 Å². The minimum absolute atomic E-state index is 0.0735. The predicted molar refractivity (Wildman–Crippen MR) is 252 cm³/mol. The molecule has 0 saturated heterocycles. The number of esters is 3. The number of carbonyl (C=O) groups is 3. The van der Waals surface area contributed by atoms with Crippen molar-refractivity contribution in [2.24, 2.45) is 0 Å². The van der Waals surface area contributed by atoms with Crippen molar-refractivity contribution >= 4 is 17.9 Å². The summed E-state index contributed by atoms with van der Waals surface area (Å²) in [6.45, 7) is 6.62. The second kappa shape index (κ2) is 48.6. The molecule has 59 heavy (non-hydrogen) atoms. The van der Waals surface area contributed by atoms with Gasteiger partial charge in [0, 0.05) is 19.3 Å². The van der Waals surface area contributed by atoms with Crippen LogP contribution in [-0.2, 0) is 28.6 Å². The monoisotopic (exact) mass is 831 g/mol. The Labute approximate surface area is 366 Å². The molecular formula is C53H98O6. The Morgan fingerprint density at radius 1 is 0.322 bits per heavy atom. The molecule has 6 heteroatoms. The zero-order valence-corrected chi connectivity index (χ0v) is 39.5. The second-order valence-electron chi connectivity index (χ2n) is 17.4. The fourth-order valence-corrected chi connectivity index (χ4v) is 7.49. The van der Waals surface area contributed by atoms with E-state index in [1.54, 1.807) is 0 Å². The topological polar surface area (TPSA) is 78.9 Å². The summed E-state index contributed by atoms with van der Waals surface area (Å²) in [5, 5.41) is 0. The maximum Gasteiger partial charge on any atom is 0.306 e. The molecule has 346 valence electrons. The largest absolute Gasteiger partial charge is 0.462 e. The molecule has 0 N–H and O–H groups in total. The minimum Gasteiger partial charge on any atom is -0.462 e. The van der Waals surface area contributed by atoms with E-state index in [1.807, 2.05) is 0 Å². The van der Waals surface area contributed by atoms with Gasteiger partial charge in [0.15, 0.2) is 6.10 Å². The lowest BCUT2D eigenvalue weighted by molar-refractivity contribution is -0.167. The van der Waals surface area contributed by atoms with Crippen molar-refractivity contribution < 1.29 is 28.6 Å². The van der Waals surface area contributed by atoms with Crippen LogP contribution in [0.1, 0.15) is 278 Å². The summed E-state index contributed by atoms with van der Waals surface area (Å²) in [5.74, 6) is -0.880. The van der Waals surface area contributed by atoms with Crippen LogP contribution in [-0.4, -0.2) is 37.2 Å². The number of hydrogen-bond acceptors (Lipinski definition) is 6. The van der Waals surface area contributed by atoms with Crippen LogP contribution in [0.2, 0.25) is 0 Å². The first kappa shape index (κ1) is 56.9. The molecule has 0 aliphatic rings. The van der Waals surface area contributed by atoms with Crippen LogP contribution >= 0.6 is 0 Å². The molecule has 0 radical (unpaired) electrons. The van der Waals surface area contributed by atoms with E-state index in [0.29, 0.717) is 19.3 Å². The maximum atomic E-state index is 12.8. The Kier molecular flexibility index (Phi) is 46.8. The summed E-state index contributed by atoms with van der Waals surface area (Å²) >= 11 is 0. The number of allylic oxidation sites excluding steroid dienone is 4. The molecule has 1 atom stereocenters. The third kappa shape index (κ3) is 46.8. The smallest absolute Gasteiger partial charge is 0.306 e. The zero-order valence-electron chi connectivity index (χ0n) is 39.5. The summed E-state index contributed by atoms with van der Waals surface area (Å²) in [6.07, 6.45) is 54.4. The van der Waals surface area contributed by atoms with Gasteiger partial charge in [0.25, 0.3) is 0 Å². The highest BCUT2D eigenvalue weighted by atomic mass is 16.6. The van der Waals surface area contributed by atoms with E-state index in [9.17, 15) is 14.4 Å². The van der Waals surface area contributed by atoms with E-state index >= 15 is 0 Å². The molecule has 6 nitrogen and oxygen atoms in total. The molecule has 0 fully saturated rings. The molecule has 0 aliphatic carbocycles. The summed E-state index contributed by atoms with van der Waals surface area (Å²) in [4.78, 5) is 37.9. The van der Waals surface area contributed by atoms with Gasteiger partial charge in [0.1, 0.15) is 13.2 Å². The lowest BCUT2D eigenvalue weighted by Gasteiger charge is -2.18. The van der Waals surface area contributed by atoms with Crippen molar-refractivity contribution in [3.8, 4) is 0 Å². The molecule has 0 bridgehead atoms. The van der Waals surface area contributed by atoms with Gasteiger partial charge < -0.3 is 14.2 Å². The first-order valence-electron chi connectivity index (χ1n) is 25.8. The standard InChI is InChI=1S/C53H98O6/c1-4-7-10-13-16-19-22-25-27-29-31-34-37-40-43-46-52(55)58-49-50(48-57-51(54)45-42-39-36-33-30-24-21-18-15-12-9-6-3)59-53(56)47-44-41-38-35-32-28-26-23-20-17-14-11-8-5-2/h18,21,23,26,50H,4-17,19-20,22,24-25,27-49H2,1-3H3/b21-18-,26-23-. The van der Waals surface area contributed by atoms with Crippen molar-refractivity contribution in [1.82, 2.24) is 0 Å². The lowest BCUT2D eigenvalue weighted by Crippen LogP contribution is -2.30. The minimum atomic E-state index is -0.773. The molecule has 0 amide bonds. The van der Waals surface area contributed by atoms with Gasteiger partial charge in [-0.1, -0.05) is 212 Å². The number of unbranched alkanes of at least 4 members (excludes halogenated alkanes) is 32. The number of carbonyl (C=O) groups excluding carboxylic acids is 3. The Hall–Kier alpha value is -2.11. The second-order valence-corrected chi connectivity index (χ2v) is 17.4. The van der Waals surface area contributed by atoms with Crippen LogP contribution < -0.4 is 0 Å². The quantitative estimate of drug-likeness (QED) is 0.0263. The number of ether oxygens (including phenoxy) is 3. The van der Waals surface area contributed by atoms with Crippen LogP contribution in [0.4, 0.5) is 0 Å². The fourth-order valence-electron chi connectivity index (χ4n) is 7.49. The average Bonchev–Trinajstić information content (AvgIpc) is 3.23. The Balaban J connectivity index is 4.35. The molecule has 0 aromatic carbocycles. The van der Waals surface area contributed by atoms with Gasteiger partial charge in [0.05, 0.1) is 0 Å². The summed E-state index contributed by atoms with van der Waals surface area (Å²) < 4.78 is 16.8. The third-order valence-electron chi connectivity index (χ3n) is 11.4. The molecule has 0 saturated carbocycles. The SMILES string of the molecule is CCCCC/C=C\CCCCCCCC(=O)OCC(COC(=O)CCCCCCCCCCCCCCCCC)OC(=O)CCCCCCC/C=C\CCCCCCC. The molecule has 0 spiro atoms. The van der Waals surface area contributed by atoms with Gasteiger partial charge in [-0.3, -0.25) is 14.4 Å². The van der Waals surface area contributed by atoms with E-state index in [4.69, 9.17) is 14.2 Å². The normalized spacial score (nSPS) is 12.1. The van der Waals surface area contributed by atoms with E-state index < -0.39 is 6.10 Å². The predicted octanol–water partition coefficient (Wildman–Crippen LogP) is 16.8. The first-order chi connectivity index (χ1) is 29.0. The number of hydrogen-bond donors (Lipinski definition) is 0. The maximum absolute atomic E-state index is 12.8. The highest BCUT2D eigenvalue weighted by molar-refractivity contribution is 5.71. The van der Waals surface area contributed by atoms with Crippen LogP contribution in [0, 0.1) is 0 Å². The van der Waals surface area contributed by atoms with Crippen LogP contribution in [0.5, 0.6) is 0 Å². The molecule has 1 unspecified atom stereocenters. The van der Waals surface area contributed by atoms with Crippen molar-refractivity contribution in [2.45, 2.75) is 284 Å². The molecular weight excluding hydrogens is 733 g/mol. The van der Waals surface area contributed by atoms with Gasteiger partial charge >= 0.3 is 17.9 Å². The van der Waals surface area contributed by atoms with Crippen molar-refractivity contribution in [3.63, 3.8) is 0 Å². The van der Waals surface area contributed by atoms with Crippen LogP contribution in [0.15, 0.2) is 24.3 Å². The summed E-state index contributed by atoms with van der Waals surface area (Å²) in [6, 6.07) is 0.